The molecular weight excluding hydrogens is 352 g/mol. The standard InChI is InChI=1S/C22H32N4O2/c1-4-13-26-22(28)19-12-8-7-11-18(19)20(23-26)16-21(27)25(15-14-24(2)3)17-9-5-6-10-17/h7-8,11-12,17H,4-6,9-10,13-16H2,1-3H3. The lowest BCUT2D eigenvalue weighted by Gasteiger charge is -2.30. The summed E-state index contributed by atoms with van der Waals surface area (Å²) >= 11 is 0. The lowest BCUT2D eigenvalue weighted by Crippen LogP contribution is -2.43. The number of hydrogen-bond donors (Lipinski definition) is 0. The Labute approximate surface area is 167 Å². The van der Waals surface area contributed by atoms with Crippen LogP contribution >= 0.6 is 0 Å². The Hall–Kier alpha value is -2.21. The number of aryl methyl sites for hydroxylation is 1. The predicted molar refractivity (Wildman–Crippen MR) is 113 cm³/mol. The van der Waals surface area contributed by atoms with Gasteiger partial charge in [-0.2, -0.15) is 5.10 Å². The van der Waals surface area contributed by atoms with Crippen LogP contribution in [-0.4, -0.2) is 58.7 Å². The highest BCUT2D eigenvalue weighted by molar-refractivity contribution is 5.88. The molecule has 152 valence electrons. The lowest BCUT2D eigenvalue weighted by atomic mass is 10.1. The number of benzene rings is 1. The molecule has 0 saturated heterocycles. The second-order valence-corrected chi connectivity index (χ2v) is 8.03. The number of likely N-dealkylation sites (N-methyl/N-ethyl adjacent to an activating group) is 1. The summed E-state index contributed by atoms with van der Waals surface area (Å²) in [6, 6.07) is 7.85. The summed E-state index contributed by atoms with van der Waals surface area (Å²) in [5.41, 5.74) is 0.635. The van der Waals surface area contributed by atoms with Gasteiger partial charge in [-0.1, -0.05) is 38.0 Å². The van der Waals surface area contributed by atoms with Crippen molar-refractivity contribution >= 4 is 16.7 Å². The third-order valence-corrected chi connectivity index (χ3v) is 5.57. The molecule has 0 unspecified atom stereocenters. The van der Waals surface area contributed by atoms with Crippen LogP contribution in [0.1, 0.15) is 44.7 Å². The predicted octanol–water partition coefficient (Wildman–Crippen LogP) is 2.68. The van der Waals surface area contributed by atoms with E-state index < -0.39 is 0 Å². The van der Waals surface area contributed by atoms with Crippen molar-refractivity contribution in [3.05, 3.63) is 40.3 Å². The molecule has 2 aromatic rings. The van der Waals surface area contributed by atoms with Gasteiger partial charge in [0.2, 0.25) is 5.91 Å². The van der Waals surface area contributed by atoms with E-state index in [1.807, 2.05) is 45.3 Å². The number of aromatic nitrogens is 2. The zero-order valence-electron chi connectivity index (χ0n) is 17.4. The molecule has 0 aliphatic heterocycles. The Morgan fingerprint density at radius 2 is 1.82 bits per heavy atom. The maximum atomic E-state index is 13.3. The molecule has 0 atom stereocenters. The first-order valence-corrected chi connectivity index (χ1v) is 10.4. The molecule has 6 heteroatoms. The van der Waals surface area contributed by atoms with Crippen LogP contribution in [0.15, 0.2) is 29.1 Å². The van der Waals surface area contributed by atoms with Crippen molar-refractivity contribution in [2.75, 3.05) is 27.2 Å². The van der Waals surface area contributed by atoms with E-state index in [0.717, 1.165) is 37.7 Å². The molecule has 28 heavy (non-hydrogen) atoms. The molecule has 1 aromatic heterocycles. The van der Waals surface area contributed by atoms with Gasteiger partial charge in [0.05, 0.1) is 17.5 Å². The van der Waals surface area contributed by atoms with E-state index in [9.17, 15) is 9.59 Å². The van der Waals surface area contributed by atoms with E-state index in [4.69, 9.17) is 0 Å². The third kappa shape index (κ3) is 4.61. The Balaban J connectivity index is 1.91. The Morgan fingerprint density at radius 1 is 1.14 bits per heavy atom. The highest BCUT2D eigenvalue weighted by atomic mass is 16.2. The lowest BCUT2D eigenvalue weighted by molar-refractivity contribution is -0.132. The van der Waals surface area contributed by atoms with Gasteiger partial charge in [-0.3, -0.25) is 9.59 Å². The van der Waals surface area contributed by atoms with E-state index in [1.54, 1.807) is 0 Å². The molecule has 0 radical (unpaired) electrons. The topological polar surface area (TPSA) is 58.4 Å². The minimum atomic E-state index is -0.0751. The molecule has 1 heterocycles. The van der Waals surface area contributed by atoms with Gasteiger partial charge in [0, 0.05) is 31.1 Å². The van der Waals surface area contributed by atoms with Crippen LogP contribution < -0.4 is 5.56 Å². The second-order valence-electron chi connectivity index (χ2n) is 8.03. The number of carbonyl (C=O) groups excluding carboxylic acids is 1. The van der Waals surface area contributed by atoms with Gasteiger partial charge in [-0.25, -0.2) is 4.68 Å². The molecule has 1 aromatic carbocycles. The molecule has 1 fully saturated rings. The van der Waals surface area contributed by atoms with Crippen LogP contribution in [0.3, 0.4) is 0 Å². The van der Waals surface area contributed by atoms with Crippen LogP contribution in [0.4, 0.5) is 0 Å². The normalized spacial score (nSPS) is 14.9. The van der Waals surface area contributed by atoms with Crippen molar-refractivity contribution in [2.45, 2.75) is 58.0 Å². The molecular formula is C22H32N4O2. The second kappa shape index (κ2) is 9.32. The number of nitrogens with zero attached hydrogens (tertiary/aromatic N) is 4. The van der Waals surface area contributed by atoms with Crippen LogP contribution in [-0.2, 0) is 17.8 Å². The van der Waals surface area contributed by atoms with Gasteiger partial charge in [-0.15, -0.1) is 0 Å². The number of fused-ring (bicyclic) bond motifs is 1. The van der Waals surface area contributed by atoms with Crippen molar-refractivity contribution in [3.8, 4) is 0 Å². The minimum absolute atomic E-state index is 0.0751. The minimum Gasteiger partial charge on any atom is -0.338 e. The molecule has 1 saturated carbocycles. The summed E-state index contributed by atoms with van der Waals surface area (Å²) in [6.45, 7) is 4.18. The van der Waals surface area contributed by atoms with E-state index in [2.05, 4.69) is 14.9 Å². The number of amides is 1. The molecule has 0 bridgehead atoms. The van der Waals surface area contributed by atoms with Crippen molar-refractivity contribution in [2.24, 2.45) is 0 Å². The molecule has 1 amide bonds. The van der Waals surface area contributed by atoms with Gasteiger partial charge in [0.25, 0.3) is 5.56 Å². The first kappa shape index (κ1) is 20.5. The fourth-order valence-corrected chi connectivity index (χ4v) is 4.08. The molecule has 3 rings (SSSR count). The monoisotopic (exact) mass is 384 g/mol. The summed E-state index contributed by atoms with van der Waals surface area (Å²) < 4.78 is 1.52. The van der Waals surface area contributed by atoms with Crippen LogP contribution in [0.2, 0.25) is 0 Å². The van der Waals surface area contributed by atoms with E-state index in [1.165, 1.54) is 17.5 Å². The largest absolute Gasteiger partial charge is 0.338 e. The molecule has 1 aliphatic carbocycles. The number of carbonyl (C=O) groups is 1. The fourth-order valence-electron chi connectivity index (χ4n) is 4.08. The zero-order valence-corrected chi connectivity index (χ0v) is 17.4. The average molecular weight is 385 g/mol. The van der Waals surface area contributed by atoms with Crippen molar-refractivity contribution in [1.82, 2.24) is 19.6 Å². The number of rotatable bonds is 8. The van der Waals surface area contributed by atoms with Crippen LogP contribution in [0, 0.1) is 0 Å². The van der Waals surface area contributed by atoms with Gasteiger partial charge in [-0.05, 0) is 39.4 Å². The summed E-state index contributed by atoms with van der Waals surface area (Å²) in [5.74, 6) is 0.119. The van der Waals surface area contributed by atoms with Crippen molar-refractivity contribution in [1.29, 1.82) is 0 Å². The van der Waals surface area contributed by atoms with E-state index in [0.29, 0.717) is 23.7 Å². The summed E-state index contributed by atoms with van der Waals surface area (Å²) in [5, 5.41) is 6.03. The maximum Gasteiger partial charge on any atom is 0.274 e. The van der Waals surface area contributed by atoms with Crippen LogP contribution in [0.5, 0.6) is 0 Å². The first-order valence-electron chi connectivity index (χ1n) is 10.4. The summed E-state index contributed by atoms with van der Waals surface area (Å²) in [4.78, 5) is 30.1. The highest BCUT2D eigenvalue weighted by Crippen LogP contribution is 2.24. The van der Waals surface area contributed by atoms with Gasteiger partial charge in [0.15, 0.2) is 0 Å². The highest BCUT2D eigenvalue weighted by Gasteiger charge is 2.27. The Bertz CT molecular complexity index is 868. The smallest absolute Gasteiger partial charge is 0.274 e. The van der Waals surface area contributed by atoms with E-state index >= 15 is 0 Å². The quantitative estimate of drug-likeness (QED) is 0.702. The summed E-state index contributed by atoms with van der Waals surface area (Å²) in [6.07, 6.45) is 5.63. The van der Waals surface area contributed by atoms with E-state index in [-0.39, 0.29) is 17.9 Å². The van der Waals surface area contributed by atoms with Crippen LogP contribution in [0.25, 0.3) is 10.8 Å². The number of hydrogen-bond acceptors (Lipinski definition) is 4. The SMILES string of the molecule is CCCn1nc(CC(=O)N(CCN(C)C)C2CCCC2)c2ccccc2c1=O. The van der Waals surface area contributed by atoms with Gasteiger partial charge < -0.3 is 9.80 Å². The van der Waals surface area contributed by atoms with Gasteiger partial charge in [0.1, 0.15) is 0 Å². The zero-order chi connectivity index (χ0) is 20.1. The third-order valence-electron chi connectivity index (χ3n) is 5.57. The average Bonchev–Trinajstić information content (AvgIpc) is 3.20. The van der Waals surface area contributed by atoms with Crippen molar-refractivity contribution < 1.29 is 4.79 Å². The molecule has 0 N–H and O–H groups in total. The maximum absolute atomic E-state index is 13.3. The summed E-state index contributed by atoms with van der Waals surface area (Å²) in [7, 11) is 4.07. The van der Waals surface area contributed by atoms with Gasteiger partial charge >= 0.3 is 0 Å². The van der Waals surface area contributed by atoms with Crippen molar-refractivity contribution in [3.63, 3.8) is 0 Å². The Kier molecular flexibility index (Phi) is 6.83. The fraction of sp³-hybridized carbons (Fsp3) is 0.591. The molecule has 1 aliphatic rings. The Morgan fingerprint density at radius 3 is 2.46 bits per heavy atom. The molecule has 6 nitrogen and oxygen atoms in total. The molecule has 0 spiro atoms. The first-order chi connectivity index (χ1) is 13.5.